The number of rotatable bonds is 5. The second-order valence-corrected chi connectivity index (χ2v) is 5.74. The first-order chi connectivity index (χ1) is 9.20. The minimum atomic E-state index is -0.112. The zero-order chi connectivity index (χ0) is 13.7. The lowest BCUT2D eigenvalue weighted by Gasteiger charge is -2.27. The van der Waals surface area contributed by atoms with E-state index in [0.717, 1.165) is 17.6 Å². The Morgan fingerprint density at radius 1 is 1.42 bits per heavy atom. The molecule has 4 heteroatoms. The Kier molecular flexibility index (Phi) is 5.40. The molecule has 1 fully saturated rings. The number of benzene rings is 1. The summed E-state index contributed by atoms with van der Waals surface area (Å²) in [6, 6.07) is 8.36. The molecule has 3 nitrogen and oxygen atoms in total. The number of hydrogen-bond donors (Lipinski definition) is 0. The Balaban J connectivity index is 2.15. The van der Waals surface area contributed by atoms with E-state index in [4.69, 9.17) is 4.74 Å². The number of carbonyl (C=O) groups is 1. The average Bonchev–Trinajstić information content (AvgIpc) is 2.90. The number of hydrogen-bond acceptors (Lipinski definition) is 3. The van der Waals surface area contributed by atoms with Gasteiger partial charge in [-0.25, -0.2) is 0 Å². The fraction of sp³-hybridized carbons (Fsp3) is 0.533. The number of carbonyl (C=O) groups excluding carboxylic acids is 1. The molecule has 1 heterocycles. The fourth-order valence-electron chi connectivity index (χ4n) is 2.60. The van der Waals surface area contributed by atoms with Gasteiger partial charge in [-0.05, 0) is 50.6 Å². The summed E-state index contributed by atoms with van der Waals surface area (Å²) in [5, 5.41) is 0. The van der Waals surface area contributed by atoms with Crippen LogP contribution in [0.5, 0.6) is 0 Å². The zero-order valence-electron chi connectivity index (χ0n) is 11.3. The SMILES string of the molecule is CCOC(=O)CC(c1cccc(Br)c1)N1CCCC1. The molecule has 1 atom stereocenters. The summed E-state index contributed by atoms with van der Waals surface area (Å²) in [5.41, 5.74) is 1.18. The molecule has 0 N–H and O–H groups in total. The molecule has 19 heavy (non-hydrogen) atoms. The van der Waals surface area contributed by atoms with Crippen LogP contribution in [0.25, 0.3) is 0 Å². The highest BCUT2D eigenvalue weighted by molar-refractivity contribution is 9.10. The summed E-state index contributed by atoms with van der Waals surface area (Å²) in [6.07, 6.45) is 2.87. The lowest BCUT2D eigenvalue weighted by Crippen LogP contribution is -2.28. The molecule has 1 aliphatic rings. The van der Waals surface area contributed by atoms with Crippen molar-refractivity contribution in [3.8, 4) is 0 Å². The lowest BCUT2D eigenvalue weighted by molar-refractivity contribution is -0.144. The van der Waals surface area contributed by atoms with Gasteiger partial charge in [0.25, 0.3) is 0 Å². The van der Waals surface area contributed by atoms with E-state index in [-0.39, 0.29) is 12.0 Å². The maximum absolute atomic E-state index is 11.8. The van der Waals surface area contributed by atoms with Crippen LogP contribution in [0.15, 0.2) is 28.7 Å². The molecule has 1 unspecified atom stereocenters. The van der Waals surface area contributed by atoms with Gasteiger partial charge in [0.15, 0.2) is 0 Å². The second-order valence-electron chi connectivity index (χ2n) is 4.82. The zero-order valence-corrected chi connectivity index (χ0v) is 12.9. The molecule has 0 saturated carbocycles. The predicted molar refractivity (Wildman–Crippen MR) is 78.9 cm³/mol. The maximum Gasteiger partial charge on any atom is 0.307 e. The van der Waals surface area contributed by atoms with Crippen molar-refractivity contribution >= 4 is 21.9 Å². The fourth-order valence-corrected chi connectivity index (χ4v) is 3.02. The van der Waals surface area contributed by atoms with Gasteiger partial charge in [-0.15, -0.1) is 0 Å². The molecule has 0 bridgehead atoms. The molecule has 0 aromatic heterocycles. The highest BCUT2D eigenvalue weighted by atomic mass is 79.9. The van der Waals surface area contributed by atoms with Gasteiger partial charge in [0, 0.05) is 10.5 Å². The second kappa shape index (κ2) is 7.06. The molecule has 1 saturated heterocycles. The molecule has 0 amide bonds. The van der Waals surface area contributed by atoms with Crippen molar-refractivity contribution in [2.24, 2.45) is 0 Å². The van der Waals surface area contributed by atoms with Gasteiger partial charge in [0.1, 0.15) is 0 Å². The van der Waals surface area contributed by atoms with E-state index in [1.807, 2.05) is 19.1 Å². The number of ether oxygens (including phenoxy) is 1. The van der Waals surface area contributed by atoms with Crippen LogP contribution in [0.3, 0.4) is 0 Å². The maximum atomic E-state index is 11.8. The topological polar surface area (TPSA) is 29.5 Å². The summed E-state index contributed by atoms with van der Waals surface area (Å²) in [5.74, 6) is -0.112. The third-order valence-corrected chi connectivity index (χ3v) is 3.97. The van der Waals surface area contributed by atoms with Gasteiger partial charge in [-0.2, -0.15) is 0 Å². The van der Waals surface area contributed by atoms with Crippen molar-refractivity contribution in [1.29, 1.82) is 0 Å². The Bertz CT molecular complexity index is 430. The third-order valence-electron chi connectivity index (χ3n) is 3.48. The highest BCUT2D eigenvalue weighted by Crippen LogP contribution is 2.29. The Morgan fingerprint density at radius 3 is 2.79 bits per heavy atom. The summed E-state index contributed by atoms with van der Waals surface area (Å²) < 4.78 is 6.16. The van der Waals surface area contributed by atoms with Gasteiger partial charge < -0.3 is 4.74 Å². The van der Waals surface area contributed by atoms with Gasteiger partial charge in [0.2, 0.25) is 0 Å². The lowest BCUT2D eigenvalue weighted by atomic mass is 10.0. The quantitative estimate of drug-likeness (QED) is 0.775. The highest BCUT2D eigenvalue weighted by Gasteiger charge is 2.26. The number of nitrogens with zero attached hydrogens (tertiary/aromatic N) is 1. The van der Waals surface area contributed by atoms with Crippen molar-refractivity contribution in [3.63, 3.8) is 0 Å². The number of halogens is 1. The van der Waals surface area contributed by atoms with E-state index in [2.05, 4.69) is 33.0 Å². The van der Waals surface area contributed by atoms with E-state index in [9.17, 15) is 4.79 Å². The minimum absolute atomic E-state index is 0.112. The Morgan fingerprint density at radius 2 is 2.16 bits per heavy atom. The Labute approximate surface area is 123 Å². The summed E-state index contributed by atoms with van der Waals surface area (Å²) in [4.78, 5) is 14.2. The molecule has 1 aromatic carbocycles. The van der Waals surface area contributed by atoms with E-state index >= 15 is 0 Å². The van der Waals surface area contributed by atoms with Crippen LogP contribution >= 0.6 is 15.9 Å². The summed E-state index contributed by atoms with van der Waals surface area (Å²) >= 11 is 3.50. The normalized spacial score (nSPS) is 17.4. The average molecular weight is 326 g/mol. The smallest absolute Gasteiger partial charge is 0.307 e. The molecule has 2 rings (SSSR count). The van der Waals surface area contributed by atoms with Crippen molar-refractivity contribution in [3.05, 3.63) is 34.3 Å². The van der Waals surface area contributed by atoms with Crippen LogP contribution < -0.4 is 0 Å². The summed E-state index contributed by atoms with van der Waals surface area (Å²) in [7, 11) is 0. The first-order valence-corrected chi connectivity index (χ1v) is 7.65. The van der Waals surface area contributed by atoms with Crippen LogP contribution in [0.1, 0.15) is 37.8 Å². The van der Waals surface area contributed by atoms with Crippen LogP contribution in [0, 0.1) is 0 Å². The van der Waals surface area contributed by atoms with E-state index in [1.54, 1.807) is 0 Å². The first kappa shape index (κ1) is 14.5. The van der Waals surface area contributed by atoms with Crippen molar-refractivity contribution in [1.82, 2.24) is 4.90 Å². The van der Waals surface area contributed by atoms with Gasteiger partial charge in [-0.1, -0.05) is 28.1 Å². The van der Waals surface area contributed by atoms with Crippen LogP contribution in [-0.4, -0.2) is 30.6 Å². The molecular formula is C15H20BrNO2. The van der Waals surface area contributed by atoms with Gasteiger partial charge in [-0.3, -0.25) is 9.69 Å². The third kappa shape index (κ3) is 4.05. The van der Waals surface area contributed by atoms with Gasteiger partial charge in [0.05, 0.1) is 13.0 Å². The van der Waals surface area contributed by atoms with E-state index in [1.165, 1.54) is 18.4 Å². The van der Waals surface area contributed by atoms with E-state index < -0.39 is 0 Å². The van der Waals surface area contributed by atoms with Crippen LogP contribution in [-0.2, 0) is 9.53 Å². The molecule has 0 radical (unpaired) electrons. The molecule has 1 aliphatic heterocycles. The van der Waals surface area contributed by atoms with E-state index in [0.29, 0.717) is 13.0 Å². The largest absolute Gasteiger partial charge is 0.466 e. The standard InChI is InChI=1S/C15H20BrNO2/c1-2-19-15(18)11-14(17-8-3-4-9-17)12-6-5-7-13(16)10-12/h5-7,10,14H,2-4,8-9,11H2,1H3. The monoisotopic (exact) mass is 325 g/mol. The predicted octanol–water partition coefficient (Wildman–Crippen LogP) is 3.54. The van der Waals surface area contributed by atoms with Crippen LogP contribution in [0.2, 0.25) is 0 Å². The van der Waals surface area contributed by atoms with Crippen molar-refractivity contribution in [2.75, 3.05) is 19.7 Å². The minimum Gasteiger partial charge on any atom is -0.466 e. The number of esters is 1. The van der Waals surface area contributed by atoms with Crippen molar-refractivity contribution in [2.45, 2.75) is 32.2 Å². The molecule has 0 spiro atoms. The summed E-state index contributed by atoms with van der Waals surface area (Å²) in [6.45, 7) is 4.43. The molecule has 104 valence electrons. The number of likely N-dealkylation sites (tertiary alicyclic amines) is 1. The molecule has 0 aliphatic carbocycles. The Hall–Kier alpha value is -0.870. The van der Waals surface area contributed by atoms with Gasteiger partial charge >= 0.3 is 5.97 Å². The van der Waals surface area contributed by atoms with Crippen LogP contribution in [0.4, 0.5) is 0 Å². The first-order valence-electron chi connectivity index (χ1n) is 6.86. The molecule has 1 aromatic rings. The van der Waals surface area contributed by atoms with Crippen molar-refractivity contribution < 1.29 is 9.53 Å². The molecular weight excluding hydrogens is 306 g/mol.